The molecular formula is C12H15NO. The van der Waals surface area contributed by atoms with Crippen molar-refractivity contribution in [1.82, 2.24) is 0 Å². The largest absolute Gasteiger partial charge is 0.372 e. The Bertz CT molecular complexity index is 289. The zero-order valence-electron chi connectivity index (χ0n) is 8.44. The minimum atomic E-state index is 0.0696. The van der Waals surface area contributed by atoms with Gasteiger partial charge >= 0.3 is 0 Å². The first-order valence-corrected chi connectivity index (χ1v) is 4.89. The molecule has 0 aliphatic rings. The molecule has 1 atom stereocenters. The van der Waals surface area contributed by atoms with E-state index in [2.05, 4.69) is 6.07 Å². The van der Waals surface area contributed by atoms with E-state index >= 15 is 0 Å². The summed E-state index contributed by atoms with van der Waals surface area (Å²) < 4.78 is 5.60. The summed E-state index contributed by atoms with van der Waals surface area (Å²) in [6, 6.07) is 12.1. The molecule has 0 heterocycles. The molecule has 0 saturated carbocycles. The number of nitriles is 1. The fourth-order valence-corrected chi connectivity index (χ4v) is 1.21. The second kappa shape index (κ2) is 6.17. The standard InChI is InChI=1S/C12H15NO/c1-2-12(8-9-13)14-10-11-6-4-3-5-7-11/h3-7,12H,2,8,10H2,1H3. The van der Waals surface area contributed by atoms with Crippen LogP contribution in [-0.2, 0) is 11.3 Å². The molecule has 0 fully saturated rings. The fourth-order valence-electron chi connectivity index (χ4n) is 1.21. The van der Waals surface area contributed by atoms with Crippen LogP contribution in [0.5, 0.6) is 0 Å². The van der Waals surface area contributed by atoms with E-state index in [1.807, 2.05) is 37.3 Å². The van der Waals surface area contributed by atoms with Crippen molar-refractivity contribution in [2.75, 3.05) is 0 Å². The Hall–Kier alpha value is -1.33. The van der Waals surface area contributed by atoms with E-state index in [1.54, 1.807) is 0 Å². The third kappa shape index (κ3) is 3.59. The lowest BCUT2D eigenvalue weighted by molar-refractivity contribution is 0.0413. The fraction of sp³-hybridized carbons (Fsp3) is 0.417. The van der Waals surface area contributed by atoms with Gasteiger partial charge in [-0.25, -0.2) is 0 Å². The second-order valence-electron chi connectivity index (χ2n) is 3.19. The van der Waals surface area contributed by atoms with Crippen LogP contribution in [0.1, 0.15) is 25.3 Å². The van der Waals surface area contributed by atoms with E-state index in [9.17, 15) is 0 Å². The Balaban J connectivity index is 2.36. The lowest BCUT2D eigenvalue weighted by atomic mass is 10.2. The molecule has 0 aliphatic heterocycles. The number of rotatable bonds is 5. The summed E-state index contributed by atoms with van der Waals surface area (Å²) in [5, 5.41) is 8.53. The van der Waals surface area contributed by atoms with Crippen LogP contribution in [-0.4, -0.2) is 6.10 Å². The van der Waals surface area contributed by atoms with Crippen molar-refractivity contribution >= 4 is 0 Å². The molecule has 1 aromatic rings. The van der Waals surface area contributed by atoms with Gasteiger partial charge in [-0.05, 0) is 12.0 Å². The smallest absolute Gasteiger partial charge is 0.0721 e. The zero-order chi connectivity index (χ0) is 10.2. The molecule has 0 aliphatic carbocycles. The predicted molar refractivity (Wildman–Crippen MR) is 55.5 cm³/mol. The molecule has 2 heteroatoms. The SMILES string of the molecule is CCC(CC#N)OCc1ccccc1. The van der Waals surface area contributed by atoms with Gasteiger partial charge < -0.3 is 4.74 Å². The van der Waals surface area contributed by atoms with Gasteiger partial charge in [0, 0.05) is 0 Å². The predicted octanol–water partition coefficient (Wildman–Crippen LogP) is 2.90. The Morgan fingerprint density at radius 2 is 2.07 bits per heavy atom. The van der Waals surface area contributed by atoms with E-state index in [1.165, 1.54) is 0 Å². The van der Waals surface area contributed by atoms with Gasteiger partial charge in [0.05, 0.1) is 25.2 Å². The molecule has 0 amide bonds. The van der Waals surface area contributed by atoms with Crippen molar-refractivity contribution in [1.29, 1.82) is 5.26 Å². The van der Waals surface area contributed by atoms with Crippen LogP contribution < -0.4 is 0 Å². The highest BCUT2D eigenvalue weighted by Crippen LogP contribution is 2.07. The summed E-state index contributed by atoms with van der Waals surface area (Å²) >= 11 is 0. The lowest BCUT2D eigenvalue weighted by Gasteiger charge is -2.12. The quantitative estimate of drug-likeness (QED) is 0.713. The van der Waals surface area contributed by atoms with Crippen molar-refractivity contribution in [3.05, 3.63) is 35.9 Å². The summed E-state index contributed by atoms with van der Waals surface area (Å²) in [5.74, 6) is 0. The summed E-state index contributed by atoms with van der Waals surface area (Å²) in [6.07, 6.45) is 1.43. The summed E-state index contributed by atoms with van der Waals surface area (Å²) in [4.78, 5) is 0. The molecule has 0 spiro atoms. The first kappa shape index (κ1) is 10.7. The van der Waals surface area contributed by atoms with E-state index < -0.39 is 0 Å². The van der Waals surface area contributed by atoms with Crippen molar-refractivity contribution in [3.8, 4) is 6.07 Å². The zero-order valence-corrected chi connectivity index (χ0v) is 8.44. The van der Waals surface area contributed by atoms with Crippen molar-refractivity contribution < 1.29 is 4.74 Å². The van der Waals surface area contributed by atoms with Crippen LogP contribution in [0.3, 0.4) is 0 Å². The van der Waals surface area contributed by atoms with Crippen molar-refractivity contribution in [2.45, 2.75) is 32.5 Å². The maximum absolute atomic E-state index is 8.53. The van der Waals surface area contributed by atoms with Crippen LogP contribution >= 0.6 is 0 Å². The van der Waals surface area contributed by atoms with Crippen molar-refractivity contribution in [3.63, 3.8) is 0 Å². The molecule has 0 N–H and O–H groups in total. The van der Waals surface area contributed by atoms with Gasteiger partial charge in [-0.3, -0.25) is 0 Å². The molecule has 0 radical (unpaired) electrons. The third-order valence-electron chi connectivity index (χ3n) is 2.10. The number of benzene rings is 1. The molecule has 1 aromatic carbocycles. The van der Waals surface area contributed by atoms with Gasteiger partial charge in [0.2, 0.25) is 0 Å². The van der Waals surface area contributed by atoms with Gasteiger partial charge in [0.15, 0.2) is 0 Å². The third-order valence-corrected chi connectivity index (χ3v) is 2.10. The second-order valence-corrected chi connectivity index (χ2v) is 3.19. The molecule has 1 rings (SSSR count). The summed E-state index contributed by atoms with van der Waals surface area (Å²) in [5.41, 5.74) is 1.16. The average Bonchev–Trinajstić information content (AvgIpc) is 2.25. The highest BCUT2D eigenvalue weighted by Gasteiger charge is 2.05. The number of nitrogens with zero attached hydrogens (tertiary/aromatic N) is 1. The Kier molecular flexibility index (Phi) is 4.74. The van der Waals surface area contributed by atoms with Gasteiger partial charge in [-0.2, -0.15) is 5.26 Å². The molecule has 0 saturated heterocycles. The van der Waals surface area contributed by atoms with Gasteiger partial charge in [-0.15, -0.1) is 0 Å². The molecule has 0 bridgehead atoms. The highest BCUT2D eigenvalue weighted by atomic mass is 16.5. The summed E-state index contributed by atoms with van der Waals surface area (Å²) in [7, 11) is 0. The van der Waals surface area contributed by atoms with E-state index in [0.717, 1.165) is 12.0 Å². The minimum Gasteiger partial charge on any atom is -0.372 e. The molecule has 2 nitrogen and oxygen atoms in total. The maximum Gasteiger partial charge on any atom is 0.0721 e. The van der Waals surface area contributed by atoms with Gasteiger partial charge in [0.25, 0.3) is 0 Å². The average molecular weight is 189 g/mol. The van der Waals surface area contributed by atoms with Crippen molar-refractivity contribution in [2.24, 2.45) is 0 Å². The summed E-state index contributed by atoms with van der Waals surface area (Å²) in [6.45, 7) is 2.63. The minimum absolute atomic E-state index is 0.0696. The van der Waals surface area contributed by atoms with Crippen LogP contribution in [0.15, 0.2) is 30.3 Å². The van der Waals surface area contributed by atoms with Gasteiger partial charge in [0.1, 0.15) is 0 Å². The highest BCUT2D eigenvalue weighted by molar-refractivity contribution is 5.13. The maximum atomic E-state index is 8.53. The lowest BCUT2D eigenvalue weighted by Crippen LogP contribution is -2.10. The molecule has 74 valence electrons. The van der Waals surface area contributed by atoms with E-state index in [0.29, 0.717) is 13.0 Å². The topological polar surface area (TPSA) is 33.0 Å². The van der Waals surface area contributed by atoms with E-state index in [4.69, 9.17) is 10.00 Å². The van der Waals surface area contributed by atoms with Crippen LogP contribution in [0.25, 0.3) is 0 Å². The molecule has 0 aromatic heterocycles. The first-order valence-electron chi connectivity index (χ1n) is 4.89. The molecular weight excluding hydrogens is 174 g/mol. The number of hydrogen-bond acceptors (Lipinski definition) is 2. The number of ether oxygens (including phenoxy) is 1. The number of hydrogen-bond donors (Lipinski definition) is 0. The normalized spacial score (nSPS) is 12.0. The Morgan fingerprint density at radius 3 is 2.64 bits per heavy atom. The van der Waals surface area contributed by atoms with Crippen LogP contribution in [0.4, 0.5) is 0 Å². The van der Waals surface area contributed by atoms with Crippen LogP contribution in [0.2, 0.25) is 0 Å². The Labute approximate surface area is 85.1 Å². The van der Waals surface area contributed by atoms with E-state index in [-0.39, 0.29) is 6.10 Å². The van der Waals surface area contributed by atoms with Crippen LogP contribution in [0, 0.1) is 11.3 Å². The molecule has 1 unspecified atom stereocenters. The molecule has 14 heavy (non-hydrogen) atoms. The first-order chi connectivity index (χ1) is 6.86. The Morgan fingerprint density at radius 1 is 1.36 bits per heavy atom. The van der Waals surface area contributed by atoms with Gasteiger partial charge in [-0.1, -0.05) is 37.3 Å². The monoisotopic (exact) mass is 189 g/mol.